The van der Waals surface area contributed by atoms with Crippen LogP contribution in [0, 0.1) is 6.92 Å². The fraction of sp³-hybridized carbons (Fsp3) is 0.125. The predicted octanol–water partition coefficient (Wildman–Crippen LogP) is 1.21. The van der Waals surface area contributed by atoms with Gasteiger partial charge in [0.05, 0.1) is 19.0 Å². The van der Waals surface area contributed by atoms with E-state index in [1.165, 1.54) is 10.6 Å². The first kappa shape index (κ1) is 16.2. The molecular weight excluding hydrogens is 324 g/mol. The Morgan fingerprint density at radius 3 is 3.00 bits per heavy atom. The monoisotopic (exact) mass is 340 g/mol. The molecule has 3 aromatic rings. The molecule has 0 atom stereocenters. The van der Waals surface area contributed by atoms with Gasteiger partial charge in [-0.3, -0.25) is 9.20 Å². The second kappa shape index (κ2) is 6.87. The van der Waals surface area contributed by atoms with Gasteiger partial charge in [0, 0.05) is 6.20 Å². The van der Waals surface area contributed by atoms with Crippen LogP contribution in [-0.2, 0) is 6.54 Å². The zero-order valence-electron chi connectivity index (χ0n) is 13.4. The molecule has 0 saturated heterocycles. The number of hydrogen-bond acceptors (Lipinski definition) is 6. The molecule has 0 aliphatic heterocycles. The van der Waals surface area contributed by atoms with Crippen molar-refractivity contribution in [3.05, 3.63) is 64.0 Å². The Bertz CT molecular complexity index is 991. The van der Waals surface area contributed by atoms with Gasteiger partial charge in [-0.1, -0.05) is 6.07 Å². The van der Waals surface area contributed by atoms with E-state index in [1.807, 2.05) is 13.0 Å². The van der Waals surface area contributed by atoms with Gasteiger partial charge in [0.2, 0.25) is 0 Å². The summed E-state index contributed by atoms with van der Waals surface area (Å²) in [6, 6.07) is 6.35. The van der Waals surface area contributed by atoms with Crippen LogP contribution < -0.4 is 22.0 Å². The minimum atomic E-state index is -0.828. The maximum absolute atomic E-state index is 12.8. The molecule has 0 aliphatic rings. The summed E-state index contributed by atoms with van der Waals surface area (Å²) in [5.74, 6) is 1.01. The van der Waals surface area contributed by atoms with E-state index < -0.39 is 6.03 Å². The molecule has 3 aromatic heterocycles. The lowest BCUT2D eigenvalue weighted by molar-refractivity contribution is 0.249. The number of primary amides is 1. The molecule has 0 spiro atoms. The molecule has 0 bridgehead atoms. The van der Waals surface area contributed by atoms with Gasteiger partial charge in [0.1, 0.15) is 22.8 Å². The number of rotatable bonds is 5. The Balaban J connectivity index is 2.06. The lowest BCUT2D eigenvalue weighted by Crippen LogP contribution is -2.26. The number of pyridine rings is 1. The summed E-state index contributed by atoms with van der Waals surface area (Å²) in [5, 5.41) is 6.73. The van der Waals surface area contributed by atoms with Crippen molar-refractivity contribution in [1.29, 1.82) is 0 Å². The van der Waals surface area contributed by atoms with Crippen molar-refractivity contribution in [2.75, 3.05) is 5.32 Å². The number of carbonyl (C=O) groups is 1. The Kier molecular flexibility index (Phi) is 4.46. The molecule has 2 amide bonds. The largest absolute Gasteiger partial charge is 0.467 e. The van der Waals surface area contributed by atoms with Crippen LogP contribution in [0.5, 0.6) is 0 Å². The summed E-state index contributed by atoms with van der Waals surface area (Å²) >= 11 is 0. The molecule has 0 unspecified atom stereocenters. The second-order valence-corrected chi connectivity index (χ2v) is 5.23. The first-order chi connectivity index (χ1) is 12.1. The number of aromatic nitrogens is 2. The van der Waals surface area contributed by atoms with Crippen LogP contribution in [0.4, 0.5) is 10.6 Å². The summed E-state index contributed by atoms with van der Waals surface area (Å²) in [6.45, 7) is 2.20. The van der Waals surface area contributed by atoms with Gasteiger partial charge in [-0.2, -0.15) is 5.10 Å². The highest BCUT2D eigenvalue weighted by Crippen LogP contribution is 2.13. The van der Waals surface area contributed by atoms with Crippen molar-refractivity contribution >= 4 is 23.7 Å². The molecule has 128 valence electrons. The van der Waals surface area contributed by atoms with E-state index in [4.69, 9.17) is 10.2 Å². The number of anilines is 1. The Hall–Kier alpha value is -3.62. The molecule has 0 aliphatic carbocycles. The molecule has 0 radical (unpaired) electrons. The van der Waals surface area contributed by atoms with E-state index in [0.29, 0.717) is 23.8 Å². The Morgan fingerprint density at radius 2 is 2.28 bits per heavy atom. The molecule has 9 nitrogen and oxygen atoms in total. The number of furan rings is 1. The first-order valence-corrected chi connectivity index (χ1v) is 7.43. The van der Waals surface area contributed by atoms with E-state index in [0.717, 1.165) is 5.56 Å². The van der Waals surface area contributed by atoms with Gasteiger partial charge < -0.3 is 15.5 Å². The lowest BCUT2D eigenvalue weighted by atomic mass is 10.2. The number of nitrogens with two attached hydrogens (primary N) is 1. The summed E-state index contributed by atoms with van der Waals surface area (Å²) in [5.41, 5.74) is 8.26. The molecule has 0 aromatic carbocycles. The van der Waals surface area contributed by atoms with Gasteiger partial charge in [-0.25, -0.2) is 15.2 Å². The molecule has 25 heavy (non-hydrogen) atoms. The van der Waals surface area contributed by atoms with Crippen LogP contribution in [0.15, 0.2) is 51.0 Å². The highest BCUT2D eigenvalue weighted by Gasteiger charge is 2.13. The topological polar surface area (TPSA) is 127 Å². The van der Waals surface area contributed by atoms with E-state index in [-0.39, 0.29) is 11.1 Å². The summed E-state index contributed by atoms with van der Waals surface area (Å²) in [4.78, 5) is 28.0. The van der Waals surface area contributed by atoms with E-state index >= 15 is 0 Å². The van der Waals surface area contributed by atoms with E-state index in [2.05, 4.69) is 20.8 Å². The number of amides is 2. The van der Waals surface area contributed by atoms with Crippen LogP contribution >= 0.6 is 0 Å². The quantitative estimate of drug-likeness (QED) is 0.475. The number of aryl methyl sites for hydroxylation is 1. The molecule has 0 fully saturated rings. The number of urea groups is 1. The molecule has 0 saturated carbocycles. The van der Waals surface area contributed by atoms with Crippen LogP contribution in [0.3, 0.4) is 0 Å². The SMILES string of the molecule is Cc1cccn2c(=O)c(/C=N/NC(N)=O)c(NCc3ccco3)nc12. The fourth-order valence-corrected chi connectivity index (χ4v) is 2.31. The van der Waals surface area contributed by atoms with Crippen molar-refractivity contribution in [2.45, 2.75) is 13.5 Å². The smallest absolute Gasteiger partial charge is 0.332 e. The van der Waals surface area contributed by atoms with Gasteiger partial charge >= 0.3 is 6.03 Å². The number of hydrazone groups is 1. The first-order valence-electron chi connectivity index (χ1n) is 7.43. The van der Waals surface area contributed by atoms with Crippen LogP contribution in [0.1, 0.15) is 16.9 Å². The highest BCUT2D eigenvalue weighted by molar-refractivity contribution is 5.87. The van der Waals surface area contributed by atoms with Crippen molar-refractivity contribution in [3.8, 4) is 0 Å². The van der Waals surface area contributed by atoms with Gasteiger partial charge in [-0.15, -0.1) is 0 Å². The summed E-state index contributed by atoms with van der Waals surface area (Å²) < 4.78 is 6.68. The Labute approximate surface area is 142 Å². The summed E-state index contributed by atoms with van der Waals surface area (Å²) in [7, 11) is 0. The van der Waals surface area contributed by atoms with Gasteiger partial charge in [0.25, 0.3) is 5.56 Å². The minimum Gasteiger partial charge on any atom is -0.467 e. The normalized spacial score (nSPS) is 11.1. The third kappa shape index (κ3) is 3.50. The molecule has 9 heteroatoms. The predicted molar refractivity (Wildman–Crippen MR) is 92.5 cm³/mol. The maximum Gasteiger partial charge on any atom is 0.332 e. The van der Waals surface area contributed by atoms with Crippen molar-refractivity contribution < 1.29 is 9.21 Å². The fourth-order valence-electron chi connectivity index (χ4n) is 2.31. The van der Waals surface area contributed by atoms with Crippen molar-refractivity contribution in [1.82, 2.24) is 14.8 Å². The third-order valence-electron chi connectivity index (χ3n) is 3.46. The Morgan fingerprint density at radius 1 is 1.44 bits per heavy atom. The van der Waals surface area contributed by atoms with E-state index in [1.54, 1.807) is 30.7 Å². The third-order valence-corrected chi connectivity index (χ3v) is 3.46. The average molecular weight is 340 g/mol. The molecule has 3 rings (SSSR count). The number of hydrogen-bond donors (Lipinski definition) is 3. The number of fused-ring (bicyclic) bond motifs is 1. The van der Waals surface area contributed by atoms with Crippen molar-refractivity contribution in [3.63, 3.8) is 0 Å². The number of carbonyl (C=O) groups excluding carboxylic acids is 1. The van der Waals surface area contributed by atoms with Crippen molar-refractivity contribution in [2.24, 2.45) is 10.8 Å². The lowest BCUT2D eigenvalue weighted by Gasteiger charge is -2.10. The average Bonchev–Trinajstić information content (AvgIpc) is 3.09. The number of nitrogens with zero attached hydrogens (tertiary/aromatic N) is 3. The molecule has 4 N–H and O–H groups in total. The molecule has 3 heterocycles. The zero-order chi connectivity index (χ0) is 17.8. The van der Waals surface area contributed by atoms with Crippen LogP contribution in [0.25, 0.3) is 5.65 Å². The highest BCUT2D eigenvalue weighted by atomic mass is 16.3. The summed E-state index contributed by atoms with van der Waals surface area (Å²) in [6.07, 6.45) is 4.38. The second-order valence-electron chi connectivity index (χ2n) is 5.23. The van der Waals surface area contributed by atoms with E-state index in [9.17, 15) is 9.59 Å². The standard InChI is InChI=1S/C16H16N6O3/c1-10-4-2-6-22-14(10)20-13(18-8-11-5-3-7-25-11)12(15(22)23)9-19-21-16(17)24/h2-7,9,18H,8H2,1H3,(H3,17,21,24)/b19-9+. The minimum absolute atomic E-state index is 0.184. The zero-order valence-corrected chi connectivity index (χ0v) is 13.4. The van der Waals surface area contributed by atoms with Gasteiger partial charge in [-0.05, 0) is 30.7 Å². The van der Waals surface area contributed by atoms with Gasteiger partial charge in [0.15, 0.2) is 0 Å². The molecular formula is C16H16N6O3. The number of nitrogens with one attached hydrogen (secondary N) is 2. The van der Waals surface area contributed by atoms with Crippen LogP contribution in [-0.4, -0.2) is 21.6 Å². The van der Waals surface area contributed by atoms with Crippen LogP contribution in [0.2, 0.25) is 0 Å². The maximum atomic E-state index is 12.8.